The number of anilines is 1. The third-order valence-electron chi connectivity index (χ3n) is 3.85. The van der Waals surface area contributed by atoms with Gasteiger partial charge in [-0.25, -0.2) is 4.39 Å². The minimum atomic E-state index is -0.768. The maximum Gasteiger partial charge on any atom is 0.325 e. The number of hydrogen-bond donors (Lipinski definition) is 2. The molecule has 0 spiro atoms. The number of amides is 2. The molecule has 0 aromatic heterocycles. The Kier molecular flexibility index (Phi) is 7.05. The summed E-state index contributed by atoms with van der Waals surface area (Å²) in [5.74, 6) is -2.40. The van der Waals surface area contributed by atoms with Crippen LogP contribution in [0.4, 0.5) is 10.1 Å². The van der Waals surface area contributed by atoms with Gasteiger partial charge in [-0.1, -0.05) is 31.2 Å². The molecule has 0 atom stereocenters. The zero-order valence-electron chi connectivity index (χ0n) is 15.2. The highest BCUT2D eigenvalue weighted by molar-refractivity contribution is 5.97. The van der Waals surface area contributed by atoms with E-state index < -0.39 is 36.8 Å². The number of nitrogens with one attached hydrogen (secondary N) is 2. The van der Waals surface area contributed by atoms with E-state index in [-0.39, 0.29) is 5.56 Å². The summed E-state index contributed by atoms with van der Waals surface area (Å²) < 4.78 is 17.9. The second kappa shape index (κ2) is 9.47. The topological polar surface area (TPSA) is 84.5 Å². The number of ether oxygens (including phenoxy) is 1. The Morgan fingerprint density at radius 1 is 1.11 bits per heavy atom. The van der Waals surface area contributed by atoms with Crippen molar-refractivity contribution < 1.29 is 23.5 Å². The predicted molar refractivity (Wildman–Crippen MR) is 98.9 cm³/mol. The molecular weight excluding hydrogens is 351 g/mol. The number of aryl methyl sites for hydroxylation is 2. The molecule has 2 aromatic carbocycles. The van der Waals surface area contributed by atoms with Gasteiger partial charge in [0.15, 0.2) is 6.61 Å². The van der Waals surface area contributed by atoms with Gasteiger partial charge in [-0.2, -0.15) is 0 Å². The third-order valence-corrected chi connectivity index (χ3v) is 3.85. The molecule has 6 nitrogen and oxygen atoms in total. The van der Waals surface area contributed by atoms with Gasteiger partial charge in [0, 0.05) is 11.3 Å². The van der Waals surface area contributed by atoms with Crippen molar-refractivity contribution in [1.82, 2.24) is 5.32 Å². The van der Waals surface area contributed by atoms with Crippen LogP contribution in [0, 0.1) is 12.7 Å². The van der Waals surface area contributed by atoms with Crippen molar-refractivity contribution in [3.63, 3.8) is 0 Å². The number of rotatable bonds is 7. The van der Waals surface area contributed by atoms with E-state index in [1.165, 1.54) is 18.2 Å². The molecule has 27 heavy (non-hydrogen) atoms. The van der Waals surface area contributed by atoms with Crippen molar-refractivity contribution in [3.8, 4) is 0 Å². The van der Waals surface area contributed by atoms with Crippen LogP contribution >= 0.6 is 0 Å². The van der Waals surface area contributed by atoms with Gasteiger partial charge in [0.2, 0.25) is 0 Å². The summed E-state index contributed by atoms with van der Waals surface area (Å²) in [4.78, 5) is 35.5. The lowest BCUT2D eigenvalue weighted by molar-refractivity contribution is -0.146. The predicted octanol–water partition coefficient (Wildman–Crippen LogP) is 2.61. The zero-order valence-corrected chi connectivity index (χ0v) is 15.2. The van der Waals surface area contributed by atoms with E-state index in [4.69, 9.17) is 4.74 Å². The lowest BCUT2D eigenvalue weighted by Crippen LogP contribution is -2.32. The van der Waals surface area contributed by atoms with E-state index in [9.17, 15) is 18.8 Å². The molecule has 0 saturated heterocycles. The first kappa shape index (κ1) is 20.1. The van der Waals surface area contributed by atoms with Crippen LogP contribution in [-0.4, -0.2) is 30.9 Å². The molecule has 7 heteroatoms. The normalized spacial score (nSPS) is 10.2. The fourth-order valence-corrected chi connectivity index (χ4v) is 2.46. The first-order valence-electron chi connectivity index (χ1n) is 8.48. The molecule has 0 bridgehead atoms. The minimum absolute atomic E-state index is 0.0900. The van der Waals surface area contributed by atoms with Crippen molar-refractivity contribution in [3.05, 3.63) is 65.0 Å². The molecule has 0 aliphatic carbocycles. The third kappa shape index (κ3) is 5.91. The standard InChI is InChI=1S/C20H21FN2O4/c1-3-14-7-4-6-13(2)19(14)23-17(24)12-27-18(25)11-22-20(26)15-8-5-9-16(21)10-15/h4-10H,3,11-12H2,1-2H3,(H,22,26)(H,23,24). The van der Waals surface area contributed by atoms with Crippen LogP contribution in [0.25, 0.3) is 0 Å². The highest BCUT2D eigenvalue weighted by atomic mass is 19.1. The van der Waals surface area contributed by atoms with Crippen LogP contribution < -0.4 is 10.6 Å². The van der Waals surface area contributed by atoms with Gasteiger partial charge in [0.05, 0.1) is 0 Å². The van der Waals surface area contributed by atoms with Crippen LogP contribution in [-0.2, 0) is 20.7 Å². The van der Waals surface area contributed by atoms with Crippen LogP contribution in [0.2, 0.25) is 0 Å². The molecule has 0 saturated carbocycles. The van der Waals surface area contributed by atoms with Gasteiger partial charge in [-0.05, 0) is 42.7 Å². The monoisotopic (exact) mass is 372 g/mol. The molecule has 0 heterocycles. The molecule has 0 aliphatic heterocycles. The fraction of sp³-hybridized carbons (Fsp3) is 0.250. The Balaban J connectivity index is 1.80. The van der Waals surface area contributed by atoms with Gasteiger partial charge < -0.3 is 15.4 Å². The van der Waals surface area contributed by atoms with Gasteiger partial charge >= 0.3 is 5.97 Å². The minimum Gasteiger partial charge on any atom is -0.454 e. The first-order valence-corrected chi connectivity index (χ1v) is 8.48. The van der Waals surface area contributed by atoms with Crippen LogP contribution in [0.15, 0.2) is 42.5 Å². The van der Waals surface area contributed by atoms with Crippen molar-refractivity contribution in [1.29, 1.82) is 0 Å². The number of esters is 1. The number of halogens is 1. The van der Waals surface area contributed by atoms with Crippen molar-refractivity contribution in [2.45, 2.75) is 20.3 Å². The van der Waals surface area contributed by atoms with Crippen molar-refractivity contribution >= 4 is 23.5 Å². The van der Waals surface area contributed by atoms with E-state index in [0.29, 0.717) is 5.69 Å². The summed E-state index contributed by atoms with van der Waals surface area (Å²) in [7, 11) is 0. The number of carbonyl (C=O) groups excluding carboxylic acids is 3. The number of benzene rings is 2. The van der Waals surface area contributed by atoms with Crippen LogP contribution in [0.5, 0.6) is 0 Å². The van der Waals surface area contributed by atoms with E-state index in [1.807, 2.05) is 32.0 Å². The Morgan fingerprint density at radius 2 is 1.85 bits per heavy atom. The first-order chi connectivity index (χ1) is 12.9. The highest BCUT2D eigenvalue weighted by Crippen LogP contribution is 2.20. The Labute approximate surface area is 156 Å². The van der Waals surface area contributed by atoms with Gasteiger partial charge in [0.1, 0.15) is 12.4 Å². The van der Waals surface area contributed by atoms with Gasteiger partial charge in [0.25, 0.3) is 11.8 Å². The molecule has 2 N–H and O–H groups in total. The van der Waals surface area contributed by atoms with Crippen molar-refractivity contribution in [2.24, 2.45) is 0 Å². The largest absolute Gasteiger partial charge is 0.454 e. The fourth-order valence-electron chi connectivity index (χ4n) is 2.46. The average Bonchev–Trinajstić information content (AvgIpc) is 2.66. The summed E-state index contributed by atoms with van der Waals surface area (Å²) in [5.41, 5.74) is 2.70. The smallest absolute Gasteiger partial charge is 0.325 e. The Bertz CT molecular complexity index is 852. The maximum atomic E-state index is 13.1. The van der Waals surface area contributed by atoms with E-state index in [0.717, 1.165) is 23.6 Å². The lowest BCUT2D eigenvalue weighted by atomic mass is 10.1. The molecule has 2 amide bonds. The Morgan fingerprint density at radius 3 is 2.56 bits per heavy atom. The Hall–Kier alpha value is -3.22. The van der Waals surface area contributed by atoms with Gasteiger partial charge in [-0.3, -0.25) is 14.4 Å². The molecule has 0 aliphatic rings. The molecule has 2 aromatic rings. The lowest BCUT2D eigenvalue weighted by Gasteiger charge is -2.13. The molecule has 0 radical (unpaired) electrons. The van der Waals surface area contributed by atoms with Gasteiger partial charge in [-0.15, -0.1) is 0 Å². The molecular formula is C20H21FN2O4. The summed E-state index contributed by atoms with van der Waals surface area (Å²) >= 11 is 0. The highest BCUT2D eigenvalue weighted by Gasteiger charge is 2.13. The SMILES string of the molecule is CCc1cccc(C)c1NC(=O)COC(=O)CNC(=O)c1cccc(F)c1. The second-order valence-corrected chi connectivity index (χ2v) is 5.86. The van der Waals surface area contributed by atoms with E-state index in [1.54, 1.807) is 0 Å². The molecule has 0 fully saturated rings. The summed E-state index contributed by atoms with van der Waals surface area (Å²) in [6.45, 7) is 2.97. The molecule has 0 unspecified atom stereocenters. The maximum absolute atomic E-state index is 13.1. The van der Waals surface area contributed by atoms with Crippen LogP contribution in [0.3, 0.4) is 0 Å². The second-order valence-electron chi connectivity index (χ2n) is 5.86. The number of carbonyl (C=O) groups is 3. The summed E-state index contributed by atoms with van der Waals surface area (Å²) in [5, 5.41) is 5.05. The van der Waals surface area contributed by atoms with Crippen molar-refractivity contribution in [2.75, 3.05) is 18.5 Å². The summed E-state index contributed by atoms with van der Waals surface area (Å²) in [6, 6.07) is 10.8. The number of para-hydroxylation sites is 1. The average molecular weight is 372 g/mol. The molecule has 2 rings (SSSR count). The number of hydrogen-bond acceptors (Lipinski definition) is 4. The summed E-state index contributed by atoms with van der Waals surface area (Å²) in [6.07, 6.45) is 0.753. The zero-order chi connectivity index (χ0) is 19.8. The quantitative estimate of drug-likeness (QED) is 0.732. The van der Waals surface area contributed by atoms with E-state index in [2.05, 4.69) is 10.6 Å². The van der Waals surface area contributed by atoms with Crippen LogP contribution in [0.1, 0.15) is 28.4 Å². The van der Waals surface area contributed by atoms with E-state index >= 15 is 0 Å². The molecule has 142 valence electrons.